The Morgan fingerprint density at radius 1 is 1.38 bits per heavy atom. The van der Waals surface area contributed by atoms with Crippen molar-refractivity contribution in [2.75, 3.05) is 32.1 Å². The standard InChI is InChI=1S/C15H17ClN4S/c1-20(2)5-6-21-15-11(16)7-10-9-3-4-18-8-12(9)19-14(10)13(15)17/h3-4,7-8,19H,5-6,17H2,1-2H3. The maximum absolute atomic E-state index is 6.44. The fourth-order valence-electron chi connectivity index (χ4n) is 2.34. The molecule has 3 N–H and O–H groups in total. The number of halogens is 1. The molecule has 0 spiro atoms. The number of hydrogen-bond donors (Lipinski definition) is 2. The van der Waals surface area contributed by atoms with Gasteiger partial charge >= 0.3 is 0 Å². The van der Waals surface area contributed by atoms with E-state index >= 15 is 0 Å². The van der Waals surface area contributed by atoms with Crippen molar-refractivity contribution in [1.82, 2.24) is 14.9 Å². The zero-order valence-corrected chi connectivity index (χ0v) is 13.6. The van der Waals surface area contributed by atoms with Crippen LogP contribution in [0.3, 0.4) is 0 Å². The molecule has 3 aromatic rings. The van der Waals surface area contributed by atoms with Crippen molar-refractivity contribution in [2.45, 2.75) is 4.90 Å². The van der Waals surface area contributed by atoms with E-state index in [1.165, 1.54) is 0 Å². The summed E-state index contributed by atoms with van der Waals surface area (Å²) in [5, 5.41) is 2.85. The van der Waals surface area contributed by atoms with Gasteiger partial charge in [0, 0.05) is 29.3 Å². The molecule has 0 unspecified atom stereocenters. The first-order chi connectivity index (χ1) is 10.1. The highest BCUT2D eigenvalue weighted by Crippen LogP contribution is 2.40. The molecular weight excluding hydrogens is 304 g/mol. The van der Waals surface area contributed by atoms with Gasteiger partial charge in [-0.2, -0.15) is 0 Å². The Morgan fingerprint density at radius 3 is 2.95 bits per heavy atom. The van der Waals surface area contributed by atoms with Crippen LogP contribution in [0.15, 0.2) is 29.4 Å². The van der Waals surface area contributed by atoms with Gasteiger partial charge in [-0.15, -0.1) is 11.8 Å². The van der Waals surface area contributed by atoms with Crippen LogP contribution >= 0.6 is 23.4 Å². The summed E-state index contributed by atoms with van der Waals surface area (Å²) < 4.78 is 0. The van der Waals surface area contributed by atoms with Gasteiger partial charge in [0.05, 0.1) is 32.8 Å². The molecule has 0 fully saturated rings. The van der Waals surface area contributed by atoms with E-state index < -0.39 is 0 Å². The Morgan fingerprint density at radius 2 is 2.19 bits per heavy atom. The number of rotatable bonds is 4. The second kappa shape index (κ2) is 5.75. The minimum absolute atomic E-state index is 0.710. The fourth-order valence-corrected chi connectivity index (χ4v) is 3.83. The lowest BCUT2D eigenvalue weighted by Gasteiger charge is -2.12. The number of fused-ring (bicyclic) bond motifs is 3. The molecule has 0 saturated heterocycles. The van der Waals surface area contributed by atoms with E-state index in [1.54, 1.807) is 18.0 Å². The number of hydrogen-bond acceptors (Lipinski definition) is 4. The van der Waals surface area contributed by atoms with Crippen LogP contribution in [-0.2, 0) is 0 Å². The third-order valence-electron chi connectivity index (χ3n) is 3.43. The Balaban J connectivity index is 2.08. The van der Waals surface area contributed by atoms with Gasteiger partial charge in [0.25, 0.3) is 0 Å². The third kappa shape index (κ3) is 2.69. The molecule has 6 heteroatoms. The number of anilines is 1. The van der Waals surface area contributed by atoms with Crippen LogP contribution in [0.1, 0.15) is 0 Å². The molecule has 0 radical (unpaired) electrons. The summed E-state index contributed by atoms with van der Waals surface area (Å²) in [5.41, 5.74) is 8.97. The Labute approximate surface area is 132 Å². The van der Waals surface area contributed by atoms with Gasteiger partial charge in [0.2, 0.25) is 0 Å². The maximum Gasteiger partial charge on any atom is 0.0713 e. The zero-order chi connectivity index (χ0) is 15.0. The van der Waals surface area contributed by atoms with E-state index in [-0.39, 0.29) is 0 Å². The van der Waals surface area contributed by atoms with Crippen LogP contribution in [0.2, 0.25) is 5.02 Å². The number of thioether (sulfide) groups is 1. The summed E-state index contributed by atoms with van der Waals surface area (Å²) in [4.78, 5) is 10.6. The monoisotopic (exact) mass is 320 g/mol. The quantitative estimate of drug-likeness (QED) is 0.569. The molecule has 3 rings (SSSR count). The van der Waals surface area contributed by atoms with Crippen molar-refractivity contribution in [3.63, 3.8) is 0 Å². The third-order valence-corrected chi connectivity index (χ3v) is 4.95. The number of nitrogens with zero attached hydrogens (tertiary/aromatic N) is 2. The average molecular weight is 321 g/mol. The van der Waals surface area contributed by atoms with Gasteiger partial charge in [-0.25, -0.2) is 0 Å². The number of pyridine rings is 1. The smallest absolute Gasteiger partial charge is 0.0713 e. The van der Waals surface area contributed by atoms with Crippen LogP contribution in [0.5, 0.6) is 0 Å². The number of aromatic nitrogens is 2. The molecule has 21 heavy (non-hydrogen) atoms. The zero-order valence-electron chi connectivity index (χ0n) is 12.0. The number of H-pyrrole nitrogens is 1. The van der Waals surface area contributed by atoms with Crippen LogP contribution in [0.25, 0.3) is 21.8 Å². The van der Waals surface area contributed by atoms with Gasteiger partial charge in [0.15, 0.2) is 0 Å². The number of aromatic amines is 1. The first-order valence-corrected chi connectivity index (χ1v) is 8.05. The Hall–Kier alpha value is -1.43. The van der Waals surface area contributed by atoms with Gasteiger partial charge in [-0.05, 0) is 26.2 Å². The van der Waals surface area contributed by atoms with Crippen molar-refractivity contribution >= 4 is 50.9 Å². The summed E-state index contributed by atoms with van der Waals surface area (Å²) in [7, 11) is 4.11. The van der Waals surface area contributed by atoms with Crippen molar-refractivity contribution in [2.24, 2.45) is 0 Å². The molecule has 0 amide bonds. The first-order valence-electron chi connectivity index (χ1n) is 6.69. The van der Waals surface area contributed by atoms with Crippen molar-refractivity contribution in [3.8, 4) is 0 Å². The van der Waals surface area contributed by atoms with E-state index in [0.29, 0.717) is 5.02 Å². The molecule has 0 bridgehead atoms. The van der Waals surface area contributed by atoms with Gasteiger partial charge in [0.1, 0.15) is 0 Å². The number of nitrogens with one attached hydrogen (secondary N) is 1. The van der Waals surface area contributed by atoms with E-state index in [2.05, 4.69) is 29.0 Å². The highest BCUT2D eigenvalue weighted by Gasteiger charge is 2.14. The number of benzene rings is 1. The molecule has 0 aliphatic heterocycles. The van der Waals surface area contributed by atoms with Crippen LogP contribution in [-0.4, -0.2) is 41.3 Å². The second-order valence-corrected chi connectivity index (χ2v) is 6.73. The molecule has 1 aromatic carbocycles. The van der Waals surface area contributed by atoms with E-state index in [0.717, 1.165) is 44.7 Å². The van der Waals surface area contributed by atoms with Crippen LogP contribution in [0, 0.1) is 0 Å². The number of nitrogens with two attached hydrogens (primary N) is 1. The molecule has 2 aromatic heterocycles. The SMILES string of the molecule is CN(C)CCSc1c(Cl)cc2c([nH]c3cnccc32)c1N. The maximum atomic E-state index is 6.44. The molecule has 0 saturated carbocycles. The number of nitrogen functional groups attached to an aromatic ring is 1. The van der Waals surface area contributed by atoms with E-state index in [9.17, 15) is 0 Å². The van der Waals surface area contributed by atoms with Crippen molar-refractivity contribution in [3.05, 3.63) is 29.5 Å². The predicted molar refractivity (Wildman–Crippen MR) is 92.3 cm³/mol. The molecule has 0 aliphatic rings. The molecule has 0 atom stereocenters. The molecule has 4 nitrogen and oxygen atoms in total. The van der Waals surface area contributed by atoms with Crippen LogP contribution in [0.4, 0.5) is 5.69 Å². The van der Waals surface area contributed by atoms with Gasteiger partial charge in [-0.1, -0.05) is 11.6 Å². The van der Waals surface area contributed by atoms with Gasteiger partial charge < -0.3 is 15.6 Å². The van der Waals surface area contributed by atoms with E-state index in [4.69, 9.17) is 17.3 Å². The normalized spacial score (nSPS) is 11.8. The summed E-state index contributed by atoms with van der Waals surface area (Å²) in [6, 6.07) is 3.97. The van der Waals surface area contributed by atoms with Gasteiger partial charge in [-0.3, -0.25) is 4.98 Å². The molecule has 110 valence electrons. The minimum Gasteiger partial charge on any atom is -0.396 e. The first kappa shape index (κ1) is 14.5. The topological polar surface area (TPSA) is 57.9 Å². The molecule has 0 aliphatic carbocycles. The van der Waals surface area contributed by atoms with Crippen LogP contribution < -0.4 is 5.73 Å². The lowest BCUT2D eigenvalue weighted by molar-refractivity contribution is 0.437. The lowest BCUT2D eigenvalue weighted by atomic mass is 10.1. The second-order valence-electron chi connectivity index (χ2n) is 5.22. The highest BCUT2D eigenvalue weighted by atomic mass is 35.5. The summed E-state index contributed by atoms with van der Waals surface area (Å²) >= 11 is 8.13. The van der Waals surface area contributed by atoms with Crippen molar-refractivity contribution in [1.29, 1.82) is 0 Å². The highest BCUT2D eigenvalue weighted by molar-refractivity contribution is 7.99. The summed E-state index contributed by atoms with van der Waals surface area (Å²) in [6.45, 7) is 0.981. The lowest BCUT2D eigenvalue weighted by Crippen LogP contribution is -2.14. The molecule has 2 heterocycles. The predicted octanol–water partition coefficient (Wildman–Crippen LogP) is 3.61. The minimum atomic E-state index is 0.710. The fraction of sp³-hybridized carbons (Fsp3) is 0.267. The Kier molecular flexibility index (Phi) is 3.97. The summed E-state index contributed by atoms with van der Waals surface area (Å²) in [6.07, 6.45) is 3.58. The largest absolute Gasteiger partial charge is 0.396 e. The average Bonchev–Trinajstić information content (AvgIpc) is 2.81. The van der Waals surface area contributed by atoms with E-state index in [1.807, 2.05) is 18.3 Å². The van der Waals surface area contributed by atoms with Crippen molar-refractivity contribution < 1.29 is 0 Å². The molecular formula is C15H17ClN4S. The summed E-state index contributed by atoms with van der Waals surface area (Å²) in [5.74, 6) is 0.949. The Bertz CT molecular complexity index is 797.